The fourth-order valence-electron chi connectivity index (χ4n) is 4.18. The number of hydrogen-bond donors (Lipinski definition) is 1. The minimum absolute atomic E-state index is 0.0194. The lowest BCUT2D eigenvalue weighted by molar-refractivity contribution is -0.139. The van der Waals surface area contributed by atoms with Gasteiger partial charge in [0.1, 0.15) is 18.4 Å². The Morgan fingerprint density at radius 3 is 2.37 bits per heavy atom. The first-order valence-electron chi connectivity index (χ1n) is 11.6. The third kappa shape index (κ3) is 7.67. The van der Waals surface area contributed by atoms with Crippen LogP contribution in [0.1, 0.15) is 44.6 Å². The molecule has 1 N–H and O–H groups in total. The van der Waals surface area contributed by atoms with E-state index in [1.54, 1.807) is 25.1 Å². The van der Waals surface area contributed by atoms with E-state index >= 15 is 0 Å². The number of halogens is 2. The molecular formula is C25H31ClFN3O4S. The topological polar surface area (TPSA) is 86.8 Å². The zero-order valence-electron chi connectivity index (χ0n) is 19.9. The molecule has 1 aliphatic carbocycles. The molecule has 0 saturated heterocycles. The van der Waals surface area contributed by atoms with Gasteiger partial charge in [0.25, 0.3) is 0 Å². The van der Waals surface area contributed by atoms with Gasteiger partial charge < -0.3 is 10.2 Å². The van der Waals surface area contributed by atoms with Crippen LogP contribution in [0.5, 0.6) is 0 Å². The summed E-state index contributed by atoms with van der Waals surface area (Å²) in [4.78, 5) is 27.9. The van der Waals surface area contributed by atoms with E-state index in [2.05, 4.69) is 5.32 Å². The lowest BCUT2D eigenvalue weighted by Gasteiger charge is -2.33. The molecule has 1 saturated carbocycles. The van der Waals surface area contributed by atoms with Gasteiger partial charge in [0.2, 0.25) is 21.8 Å². The Balaban J connectivity index is 1.86. The van der Waals surface area contributed by atoms with Gasteiger partial charge in [0, 0.05) is 17.6 Å². The van der Waals surface area contributed by atoms with E-state index in [-0.39, 0.29) is 24.2 Å². The van der Waals surface area contributed by atoms with Crippen molar-refractivity contribution < 1.29 is 22.4 Å². The fourth-order valence-corrected chi connectivity index (χ4v) is 5.21. The molecule has 0 radical (unpaired) electrons. The van der Waals surface area contributed by atoms with Crippen molar-refractivity contribution in [1.29, 1.82) is 0 Å². The lowest BCUT2D eigenvalue weighted by atomic mass is 9.95. The summed E-state index contributed by atoms with van der Waals surface area (Å²) in [5.74, 6) is -1.29. The molecular weight excluding hydrogens is 493 g/mol. The van der Waals surface area contributed by atoms with Gasteiger partial charge in [-0.05, 0) is 55.7 Å². The molecule has 7 nitrogen and oxygen atoms in total. The van der Waals surface area contributed by atoms with Crippen LogP contribution in [0.15, 0.2) is 48.5 Å². The number of rotatable bonds is 9. The third-order valence-corrected chi connectivity index (χ3v) is 7.54. The summed E-state index contributed by atoms with van der Waals surface area (Å²) in [5.41, 5.74) is 0.861. The number of sulfonamides is 1. The van der Waals surface area contributed by atoms with E-state index in [0.29, 0.717) is 10.6 Å². The van der Waals surface area contributed by atoms with Crippen molar-refractivity contribution in [2.45, 2.75) is 57.7 Å². The van der Waals surface area contributed by atoms with Crippen molar-refractivity contribution in [3.8, 4) is 0 Å². The Morgan fingerprint density at radius 2 is 1.77 bits per heavy atom. The number of carbonyl (C=O) groups excluding carboxylic acids is 2. The summed E-state index contributed by atoms with van der Waals surface area (Å²) >= 11 is 6.04. The monoisotopic (exact) mass is 523 g/mol. The van der Waals surface area contributed by atoms with E-state index in [1.807, 2.05) is 0 Å². The first-order chi connectivity index (χ1) is 16.5. The highest BCUT2D eigenvalue weighted by Crippen LogP contribution is 2.23. The van der Waals surface area contributed by atoms with Crippen LogP contribution >= 0.6 is 11.6 Å². The maximum atomic E-state index is 13.5. The smallest absolute Gasteiger partial charge is 0.244 e. The molecule has 1 aliphatic rings. The maximum absolute atomic E-state index is 13.5. The molecule has 0 aromatic heterocycles. The summed E-state index contributed by atoms with van der Waals surface area (Å²) in [6.07, 6.45) is 6.01. The van der Waals surface area contributed by atoms with Gasteiger partial charge in [0.15, 0.2) is 0 Å². The van der Waals surface area contributed by atoms with E-state index in [9.17, 15) is 22.4 Å². The van der Waals surface area contributed by atoms with E-state index in [1.165, 1.54) is 35.2 Å². The van der Waals surface area contributed by atoms with Gasteiger partial charge in [-0.3, -0.25) is 13.9 Å². The Bertz CT molecular complexity index is 1140. The summed E-state index contributed by atoms with van der Waals surface area (Å²) in [6, 6.07) is 11.0. The molecule has 10 heteroatoms. The van der Waals surface area contributed by atoms with Gasteiger partial charge in [-0.15, -0.1) is 0 Å². The molecule has 0 aliphatic heterocycles. The van der Waals surface area contributed by atoms with Crippen LogP contribution in [0.25, 0.3) is 0 Å². The van der Waals surface area contributed by atoms with Crippen LogP contribution in [0, 0.1) is 5.82 Å². The van der Waals surface area contributed by atoms with Crippen LogP contribution < -0.4 is 9.62 Å². The van der Waals surface area contributed by atoms with Gasteiger partial charge in [-0.2, -0.15) is 0 Å². The average molecular weight is 524 g/mol. The molecule has 1 atom stereocenters. The largest absolute Gasteiger partial charge is 0.352 e. The molecule has 0 spiro atoms. The molecule has 190 valence electrons. The molecule has 2 aromatic rings. The summed E-state index contributed by atoms with van der Waals surface area (Å²) in [6.45, 7) is 1.12. The molecule has 3 rings (SSSR count). The number of benzene rings is 2. The Kier molecular flexibility index (Phi) is 9.13. The number of hydrogen-bond acceptors (Lipinski definition) is 4. The van der Waals surface area contributed by atoms with Crippen molar-refractivity contribution in [2.75, 3.05) is 17.1 Å². The molecule has 2 aromatic carbocycles. The molecule has 0 bridgehead atoms. The van der Waals surface area contributed by atoms with Gasteiger partial charge in [-0.25, -0.2) is 12.8 Å². The standard InChI is InChI=1S/C25H31ClFN3O4S/c1-18(25(32)28-22-8-4-3-5-9-22)29(16-19-11-13-21(27)14-12-19)24(31)17-30(35(2,33)34)23-10-6-7-20(26)15-23/h6-7,10-15,18,22H,3-5,8-9,16-17H2,1-2H3,(H,28,32)/t18-/m0/s1. The second-order valence-electron chi connectivity index (χ2n) is 8.92. The van der Waals surface area contributed by atoms with Gasteiger partial charge in [-0.1, -0.05) is 49.1 Å². The minimum Gasteiger partial charge on any atom is -0.352 e. The number of anilines is 1. The summed E-state index contributed by atoms with van der Waals surface area (Å²) in [7, 11) is -3.83. The Labute approximate surface area is 211 Å². The minimum atomic E-state index is -3.83. The van der Waals surface area contributed by atoms with Gasteiger partial charge >= 0.3 is 0 Å². The highest BCUT2D eigenvalue weighted by atomic mass is 35.5. The van der Waals surface area contributed by atoms with Crippen molar-refractivity contribution in [3.63, 3.8) is 0 Å². The Morgan fingerprint density at radius 1 is 1.11 bits per heavy atom. The fraction of sp³-hybridized carbons (Fsp3) is 0.440. The van der Waals surface area contributed by atoms with Crippen molar-refractivity contribution >= 4 is 39.1 Å². The van der Waals surface area contributed by atoms with Gasteiger partial charge in [0.05, 0.1) is 11.9 Å². The highest BCUT2D eigenvalue weighted by Gasteiger charge is 2.31. The van der Waals surface area contributed by atoms with E-state index in [0.717, 1.165) is 42.7 Å². The predicted molar refractivity (Wildman–Crippen MR) is 135 cm³/mol. The van der Waals surface area contributed by atoms with Crippen LogP contribution in [0.4, 0.5) is 10.1 Å². The lowest BCUT2D eigenvalue weighted by Crippen LogP contribution is -2.52. The highest BCUT2D eigenvalue weighted by molar-refractivity contribution is 7.92. The first-order valence-corrected chi connectivity index (χ1v) is 13.8. The zero-order valence-corrected chi connectivity index (χ0v) is 21.5. The second-order valence-corrected chi connectivity index (χ2v) is 11.3. The Hall–Kier alpha value is -2.65. The van der Waals surface area contributed by atoms with Crippen LogP contribution in [-0.2, 0) is 26.2 Å². The van der Waals surface area contributed by atoms with Crippen LogP contribution in [0.2, 0.25) is 5.02 Å². The average Bonchev–Trinajstić information content (AvgIpc) is 2.81. The van der Waals surface area contributed by atoms with Crippen molar-refractivity contribution in [2.24, 2.45) is 0 Å². The van der Waals surface area contributed by atoms with Crippen LogP contribution in [0.3, 0.4) is 0 Å². The third-order valence-electron chi connectivity index (χ3n) is 6.16. The zero-order chi connectivity index (χ0) is 25.6. The summed E-state index contributed by atoms with van der Waals surface area (Å²) in [5, 5.41) is 3.36. The summed E-state index contributed by atoms with van der Waals surface area (Å²) < 4.78 is 39.5. The molecule has 35 heavy (non-hydrogen) atoms. The predicted octanol–water partition coefficient (Wildman–Crippen LogP) is 4.11. The number of nitrogens with zero attached hydrogens (tertiary/aromatic N) is 2. The second kappa shape index (κ2) is 11.9. The van der Waals surface area contributed by atoms with Crippen molar-refractivity contribution in [3.05, 3.63) is 64.9 Å². The van der Waals surface area contributed by atoms with Crippen molar-refractivity contribution in [1.82, 2.24) is 10.2 Å². The van der Waals surface area contributed by atoms with E-state index in [4.69, 9.17) is 11.6 Å². The normalized spacial score (nSPS) is 15.3. The van der Waals surface area contributed by atoms with Crippen LogP contribution in [-0.4, -0.2) is 50.0 Å². The molecule has 0 unspecified atom stereocenters. The number of amides is 2. The van der Waals surface area contributed by atoms with E-state index < -0.39 is 34.3 Å². The molecule has 0 heterocycles. The first kappa shape index (κ1) is 26.9. The molecule has 1 fully saturated rings. The maximum Gasteiger partial charge on any atom is 0.244 e. The number of carbonyl (C=O) groups is 2. The SMILES string of the molecule is C[C@@H](C(=O)NC1CCCCC1)N(Cc1ccc(F)cc1)C(=O)CN(c1cccc(Cl)c1)S(C)(=O)=O. The number of nitrogens with one attached hydrogen (secondary N) is 1. The molecule has 2 amide bonds. The quantitative estimate of drug-likeness (QED) is 0.536.